The molecule has 7 heteroatoms. The Kier molecular flexibility index (Phi) is 6.99. The number of amides is 3. The molecular formula is C26H28N4O2S. The molecule has 2 N–H and O–H groups in total. The molecule has 170 valence electrons. The minimum absolute atomic E-state index is 0.130. The second-order valence-corrected chi connectivity index (χ2v) is 9.35. The van der Waals surface area contributed by atoms with E-state index in [0.29, 0.717) is 24.3 Å². The van der Waals surface area contributed by atoms with Gasteiger partial charge in [0.25, 0.3) is 5.91 Å². The Morgan fingerprint density at radius 1 is 1.09 bits per heavy atom. The van der Waals surface area contributed by atoms with Gasteiger partial charge in [-0.25, -0.2) is 9.78 Å². The number of thioether (sulfide) groups is 1. The fraction of sp³-hybridized carbons (Fsp3) is 0.269. The highest BCUT2D eigenvalue weighted by Gasteiger charge is 2.26. The average Bonchev–Trinajstić information content (AvgIpc) is 2.82. The number of aromatic nitrogens is 1. The van der Waals surface area contributed by atoms with E-state index in [2.05, 4.69) is 34.7 Å². The Labute approximate surface area is 198 Å². The number of rotatable bonds is 5. The van der Waals surface area contributed by atoms with Gasteiger partial charge in [0.15, 0.2) is 0 Å². The van der Waals surface area contributed by atoms with E-state index in [1.807, 2.05) is 38.1 Å². The first kappa shape index (κ1) is 22.9. The van der Waals surface area contributed by atoms with Crippen LogP contribution in [0.2, 0.25) is 0 Å². The molecule has 0 radical (unpaired) electrons. The molecule has 2 heterocycles. The van der Waals surface area contributed by atoms with Gasteiger partial charge in [0.05, 0.1) is 5.69 Å². The fourth-order valence-electron chi connectivity index (χ4n) is 3.92. The van der Waals surface area contributed by atoms with Crippen molar-refractivity contribution in [3.05, 3.63) is 83.0 Å². The number of nitrogens with one attached hydrogen (secondary N) is 2. The maximum absolute atomic E-state index is 13.0. The molecule has 0 saturated heterocycles. The largest absolute Gasteiger partial charge is 0.351 e. The van der Waals surface area contributed by atoms with Crippen molar-refractivity contribution in [3.63, 3.8) is 0 Å². The van der Waals surface area contributed by atoms with Crippen molar-refractivity contribution in [3.8, 4) is 0 Å². The van der Waals surface area contributed by atoms with Crippen LogP contribution in [-0.2, 0) is 0 Å². The van der Waals surface area contributed by atoms with Crippen LogP contribution in [-0.4, -0.2) is 35.8 Å². The number of carbonyl (C=O) groups is 2. The number of urea groups is 1. The number of hydrogen-bond donors (Lipinski definition) is 2. The topological polar surface area (TPSA) is 74.3 Å². The second-order valence-electron chi connectivity index (χ2n) is 8.26. The second kappa shape index (κ2) is 10.1. The summed E-state index contributed by atoms with van der Waals surface area (Å²) in [7, 11) is 0. The van der Waals surface area contributed by atoms with Gasteiger partial charge in [-0.3, -0.25) is 9.69 Å². The summed E-state index contributed by atoms with van der Waals surface area (Å²) in [6, 6.07) is 18.9. The number of nitrogens with zero attached hydrogens (tertiary/aromatic N) is 2. The van der Waals surface area contributed by atoms with Crippen LogP contribution in [0.5, 0.6) is 0 Å². The quantitative estimate of drug-likeness (QED) is 0.536. The number of benzene rings is 2. The highest BCUT2D eigenvalue weighted by Crippen LogP contribution is 2.36. The van der Waals surface area contributed by atoms with Crippen LogP contribution >= 0.6 is 11.8 Å². The van der Waals surface area contributed by atoms with E-state index in [0.717, 1.165) is 27.7 Å². The summed E-state index contributed by atoms with van der Waals surface area (Å²) in [6.45, 7) is 7.23. The first-order valence-corrected chi connectivity index (χ1v) is 12.0. The lowest BCUT2D eigenvalue weighted by Crippen LogP contribution is -2.39. The van der Waals surface area contributed by atoms with Gasteiger partial charge in [0.1, 0.15) is 5.03 Å². The van der Waals surface area contributed by atoms with Gasteiger partial charge in [0, 0.05) is 35.8 Å². The minimum Gasteiger partial charge on any atom is -0.351 e. The molecule has 0 unspecified atom stereocenters. The smallest absolute Gasteiger partial charge is 0.326 e. The third-order valence-electron chi connectivity index (χ3n) is 5.68. The first-order chi connectivity index (χ1) is 15.9. The molecule has 33 heavy (non-hydrogen) atoms. The van der Waals surface area contributed by atoms with Crippen LogP contribution in [0.15, 0.2) is 65.7 Å². The van der Waals surface area contributed by atoms with Gasteiger partial charge in [-0.1, -0.05) is 37.3 Å². The lowest BCUT2D eigenvalue weighted by molar-refractivity contribution is 0.0951. The summed E-state index contributed by atoms with van der Waals surface area (Å²) in [5.41, 5.74) is 5.26. The molecule has 1 aliphatic rings. The zero-order chi connectivity index (χ0) is 23.4. The van der Waals surface area contributed by atoms with E-state index >= 15 is 0 Å². The van der Waals surface area contributed by atoms with Crippen molar-refractivity contribution in [1.82, 2.24) is 10.3 Å². The maximum atomic E-state index is 13.0. The predicted octanol–water partition coefficient (Wildman–Crippen LogP) is 5.38. The summed E-state index contributed by atoms with van der Waals surface area (Å²) >= 11 is 1.68. The Morgan fingerprint density at radius 3 is 2.55 bits per heavy atom. The standard InChI is InChI=1S/C26H28N4O2S/c1-17-15-19(3)28-25-23(17)30(13-14-33-25)26(32)29-22-11-9-21(10-12-22)24(31)27-16-18(2)20-7-5-4-6-8-20/h4-12,15,18H,13-14,16H2,1-3H3,(H,27,31)(H,29,32)/t18-/m0/s1. The van der Waals surface area contributed by atoms with Crippen LogP contribution in [0, 0.1) is 13.8 Å². The predicted molar refractivity (Wildman–Crippen MR) is 134 cm³/mol. The van der Waals surface area contributed by atoms with Crippen molar-refractivity contribution in [1.29, 1.82) is 0 Å². The van der Waals surface area contributed by atoms with Gasteiger partial charge in [0.2, 0.25) is 0 Å². The Morgan fingerprint density at radius 2 is 1.82 bits per heavy atom. The number of carbonyl (C=O) groups excluding carboxylic acids is 2. The molecule has 1 atom stereocenters. The summed E-state index contributed by atoms with van der Waals surface area (Å²) < 4.78 is 0. The van der Waals surface area contributed by atoms with Crippen molar-refractivity contribution in [2.24, 2.45) is 0 Å². The van der Waals surface area contributed by atoms with Crippen LogP contribution in [0.3, 0.4) is 0 Å². The molecule has 6 nitrogen and oxygen atoms in total. The van der Waals surface area contributed by atoms with Crippen LogP contribution in [0.4, 0.5) is 16.2 Å². The van der Waals surface area contributed by atoms with E-state index in [1.54, 1.807) is 40.9 Å². The van der Waals surface area contributed by atoms with Crippen LogP contribution in [0.1, 0.15) is 40.0 Å². The lowest BCUT2D eigenvalue weighted by atomic mass is 10.0. The summed E-state index contributed by atoms with van der Waals surface area (Å²) in [5.74, 6) is 0.896. The molecule has 2 aromatic carbocycles. The first-order valence-electron chi connectivity index (χ1n) is 11.0. The monoisotopic (exact) mass is 460 g/mol. The lowest BCUT2D eigenvalue weighted by Gasteiger charge is -2.30. The molecule has 1 aromatic heterocycles. The van der Waals surface area contributed by atoms with Crippen LogP contribution < -0.4 is 15.5 Å². The Hall–Kier alpha value is -3.32. The van der Waals surface area contributed by atoms with E-state index in [1.165, 1.54) is 5.56 Å². The molecule has 4 rings (SSSR count). The molecule has 1 aliphatic heterocycles. The van der Waals surface area contributed by atoms with E-state index in [9.17, 15) is 9.59 Å². The zero-order valence-corrected chi connectivity index (χ0v) is 19.9. The van der Waals surface area contributed by atoms with Crippen molar-refractivity contribution < 1.29 is 9.59 Å². The summed E-state index contributed by atoms with van der Waals surface area (Å²) in [4.78, 5) is 31.9. The van der Waals surface area contributed by atoms with Crippen molar-refractivity contribution >= 4 is 35.1 Å². The molecule has 0 bridgehead atoms. The molecular weight excluding hydrogens is 432 g/mol. The molecule has 0 saturated carbocycles. The number of pyridine rings is 1. The number of anilines is 2. The number of fused-ring (bicyclic) bond motifs is 1. The number of aryl methyl sites for hydroxylation is 2. The van der Waals surface area contributed by atoms with Gasteiger partial charge in [-0.05, 0) is 61.2 Å². The highest BCUT2D eigenvalue weighted by atomic mass is 32.2. The normalized spacial score (nSPS) is 13.7. The third kappa shape index (κ3) is 5.37. The highest BCUT2D eigenvalue weighted by molar-refractivity contribution is 7.99. The van der Waals surface area contributed by atoms with Gasteiger partial charge in [-0.2, -0.15) is 0 Å². The zero-order valence-electron chi connectivity index (χ0n) is 19.1. The molecule has 3 aromatic rings. The van der Waals surface area contributed by atoms with Gasteiger partial charge in [-0.15, -0.1) is 11.8 Å². The Bertz CT molecular complexity index is 1150. The van der Waals surface area contributed by atoms with Crippen molar-refractivity contribution in [2.75, 3.05) is 29.1 Å². The van der Waals surface area contributed by atoms with E-state index < -0.39 is 0 Å². The minimum atomic E-state index is -0.195. The fourth-order valence-corrected chi connectivity index (χ4v) is 5.00. The Balaban J connectivity index is 1.37. The molecule has 3 amide bonds. The SMILES string of the molecule is Cc1cc(C)c2c(n1)SCCN2C(=O)Nc1ccc(C(=O)NC[C@H](C)c2ccccc2)cc1. The maximum Gasteiger partial charge on any atom is 0.326 e. The summed E-state index contributed by atoms with van der Waals surface area (Å²) in [6.07, 6.45) is 0. The molecule has 0 aliphatic carbocycles. The summed E-state index contributed by atoms with van der Waals surface area (Å²) in [5, 5.41) is 6.83. The van der Waals surface area contributed by atoms with Crippen LogP contribution in [0.25, 0.3) is 0 Å². The average molecular weight is 461 g/mol. The van der Waals surface area contributed by atoms with Gasteiger partial charge < -0.3 is 10.6 Å². The molecule has 0 spiro atoms. The third-order valence-corrected chi connectivity index (χ3v) is 6.63. The van der Waals surface area contributed by atoms with Crippen molar-refractivity contribution in [2.45, 2.75) is 31.7 Å². The van der Waals surface area contributed by atoms with Gasteiger partial charge >= 0.3 is 6.03 Å². The molecule has 0 fully saturated rings. The van der Waals surface area contributed by atoms with E-state index in [-0.39, 0.29) is 17.9 Å². The number of hydrogen-bond acceptors (Lipinski definition) is 4. The van der Waals surface area contributed by atoms with E-state index in [4.69, 9.17) is 0 Å².